The molecule has 0 saturated carbocycles. The van der Waals surface area contributed by atoms with E-state index in [0.29, 0.717) is 22.6 Å². The molecule has 0 aliphatic rings. The molecule has 4 heteroatoms. The van der Waals surface area contributed by atoms with E-state index in [0.717, 1.165) is 11.1 Å². The molecule has 3 nitrogen and oxygen atoms in total. The maximum absolute atomic E-state index is 13.9. The Labute approximate surface area is 121 Å². The van der Waals surface area contributed by atoms with Crippen LogP contribution in [0.25, 0.3) is 22.6 Å². The van der Waals surface area contributed by atoms with Gasteiger partial charge in [-0.15, -0.1) is 0 Å². The molecule has 0 bridgehead atoms. The number of aliphatic hydroxyl groups is 1. The second-order valence-corrected chi connectivity index (χ2v) is 4.84. The second-order valence-electron chi connectivity index (χ2n) is 4.84. The van der Waals surface area contributed by atoms with Crippen LogP contribution in [-0.2, 0) is 6.61 Å². The summed E-state index contributed by atoms with van der Waals surface area (Å²) in [7, 11) is 0. The lowest BCUT2D eigenvalue weighted by atomic mass is 10.0. The van der Waals surface area contributed by atoms with Crippen molar-refractivity contribution in [3.63, 3.8) is 0 Å². The van der Waals surface area contributed by atoms with Crippen LogP contribution in [0.15, 0.2) is 53.1 Å². The Morgan fingerprint density at radius 3 is 2.48 bits per heavy atom. The van der Waals surface area contributed by atoms with E-state index >= 15 is 0 Å². The Balaban J connectivity index is 2.13. The van der Waals surface area contributed by atoms with Gasteiger partial charge >= 0.3 is 0 Å². The number of nitrogens with zero attached hydrogens (tertiary/aromatic N) is 1. The second kappa shape index (κ2) is 5.50. The van der Waals surface area contributed by atoms with Crippen LogP contribution in [-0.4, -0.2) is 10.3 Å². The molecule has 1 heterocycles. The Hall–Kier alpha value is -2.46. The van der Waals surface area contributed by atoms with Crippen molar-refractivity contribution in [1.29, 1.82) is 0 Å². The molecule has 21 heavy (non-hydrogen) atoms. The fourth-order valence-electron chi connectivity index (χ4n) is 2.25. The highest BCUT2D eigenvalue weighted by Crippen LogP contribution is 2.33. The first-order valence-corrected chi connectivity index (χ1v) is 6.62. The minimum Gasteiger partial charge on any atom is -0.391 e. The summed E-state index contributed by atoms with van der Waals surface area (Å²) in [6.45, 7) is 1.72. The van der Waals surface area contributed by atoms with Crippen LogP contribution in [0.2, 0.25) is 0 Å². The smallest absolute Gasteiger partial charge is 0.173 e. The molecule has 0 spiro atoms. The first-order valence-electron chi connectivity index (χ1n) is 6.62. The number of aryl methyl sites for hydroxylation is 1. The van der Waals surface area contributed by atoms with E-state index in [1.54, 1.807) is 18.2 Å². The van der Waals surface area contributed by atoms with Crippen LogP contribution in [0.3, 0.4) is 0 Å². The van der Waals surface area contributed by atoms with Gasteiger partial charge in [0.1, 0.15) is 11.5 Å². The van der Waals surface area contributed by atoms with Gasteiger partial charge in [0.15, 0.2) is 5.76 Å². The van der Waals surface area contributed by atoms with Crippen LogP contribution in [0.4, 0.5) is 4.39 Å². The average Bonchev–Trinajstić information content (AvgIpc) is 2.92. The number of benzene rings is 2. The standard InChI is InChI=1S/C17H14FNO2/c1-11-6-8-12(9-7-11)17-14(10-20)16(19-21-17)13-4-2-3-5-15(13)18/h2-9,20H,10H2,1H3. The Morgan fingerprint density at radius 1 is 1.10 bits per heavy atom. The van der Waals surface area contributed by atoms with Crippen LogP contribution >= 0.6 is 0 Å². The van der Waals surface area contributed by atoms with E-state index in [2.05, 4.69) is 5.16 Å². The van der Waals surface area contributed by atoms with E-state index in [4.69, 9.17) is 4.52 Å². The van der Waals surface area contributed by atoms with Gasteiger partial charge in [0.25, 0.3) is 0 Å². The van der Waals surface area contributed by atoms with Crippen molar-refractivity contribution in [2.24, 2.45) is 0 Å². The van der Waals surface area contributed by atoms with Gasteiger partial charge in [-0.1, -0.05) is 47.1 Å². The van der Waals surface area contributed by atoms with E-state index < -0.39 is 5.82 Å². The van der Waals surface area contributed by atoms with Gasteiger partial charge in [0, 0.05) is 11.1 Å². The Kier molecular flexibility index (Phi) is 3.54. The minimum absolute atomic E-state index is 0.267. The summed E-state index contributed by atoms with van der Waals surface area (Å²) in [6, 6.07) is 14.0. The summed E-state index contributed by atoms with van der Waals surface area (Å²) < 4.78 is 19.2. The zero-order chi connectivity index (χ0) is 14.8. The van der Waals surface area contributed by atoms with Crippen molar-refractivity contribution in [2.45, 2.75) is 13.5 Å². The summed E-state index contributed by atoms with van der Waals surface area (Å²) in [4.78, 5) is 0. The summed E-state index contributed by atoms with van der Waals surface area (Å²) in [5, 5.41) is 13.6. The molecule has 3 rings (SSSR count). The predicted octanol–water partition coefficient (Wildman–Crippen LogP) is 3.95. The molecular formula is C17H14FNO2. The molecule has 106 valence electrons. The normalized spacial score (nSPS) is 10.8. The lowest BCUT2D eigenvalue weighted by Gasteiger charge is -2.02. The van der Waals surface area contributed by atoms with Gasteiger partial charge in [-0.05, 0) is 19.1 Å². The zero-order valence-corrected chi connectivity index (χ0v) is 11.5. The monoisotopic (exact) mass is 283 g/mol. The molecule has 2 aromatic carbocycles. The number of rotatable bonds is 3. The van der Waals surface area contributed by atoms with Gasteiger partial charge in [-0.2, -0.15) is 0 Å². The average molecular weight is 283 g/mol. The third-order valence-electron chi connectivity index (χ3n) is 3.39. The Morgan fingerprint density at radius 2 is 1.81 bits per heavy atom. The van der Waals surface area contributed by atoms with Gasteiger partial charge in [0.05, 0.1) is 12.2 Å². The van der Waals surface area contributed by atoms with Gasteiger partial charge in [0.2, 0.25) is 0 Å². The molecular weight excluding hydrogens is 269 g/mol. The lowest BCUT2D eigenvalue weighted by molar-refractivity contribution is 0.281. The molecule has 3 aromatic rings. The van der Waals surface area contributed by atoms with Crippen LogP contribution < -0.4 is 0 Å². The summed E-state index contributed by atoms with van der Waals surface area (Å²) >= 11 is 0. The maximum atomic E-state index is 13.9. The minimum atomic E-state index is -0.393. The number of aliphatic hydroxyl groups excluding tert-OH is 1. The first kappa shape index (κ1) is 13.5. The molecule has 0 unspecified atom stereocenters. The third kappa shape index (κ3) is 2.45. The van der Waals surface area contributed by atoms with Gasteiger partial charge < -0.3 is 9.63 Å². The third-order valence-corrected chi connectivity index (χ3v) is 3.39. The van der Waals surface area contributed by atoms with E-state index in [-0.39, 0.29) is 6.61 Å². The van der Waals surface area contributed by atoms with Crippen molar-refractivity contribution >= 4 is 0 Å². The molecule has 0 amide bonds. The summed E-state index contributed by atoms with van der Waals surface area (Å²) in [6.07, 6.45) is 0. The van der Waals surface area contributed by atoms with Crippen molar-refractivity contribution in [2.75, 3.05) is 0 Å². The molecule has 0 saturated heterocycles. The van der Waals surface area contributed by atoms with Crippen LogP contribution in [0, 0.1) is 12.7 Å². The predicted molar refractivity (Wildman–Crippen MR) is 78.0 cm³/mol. The topological polar surface area (TPSA) is 46.3 Å². The first-order chi connectivity index (χ1) is 10.2. The zero-order valence-electron chi connectivity index (χ0n) is 11.5. The molecule has 1 aromatic heterocycles. The number of hydrogen-bond acceptors (Lipinski definition) is 3. The Bertz CT molecular complexity index is 763. The van der Waals surface area contributed by atoms with E-state index in [1.807, 2.05) is 31.2 Å². The van der Waals surface area contributed by atoms with Gasteiger partial charge in [-0.3, -0.25) is 0 Å². The fraction of sp³-hybridized carbons (Fsp3) is 0.118. The van der Waals surface area contributed by atoms with Crippen molar-refractivity contribution in [3.05, 3.63) is 65.5 Å². The highest BCUT2D eigenvalue weighted by molar-refractivity contribution is 5.72. The van der Waals surface area contributed by atoms with E-state index in [9.17, 15) is 9.50 Å². The highest BCUT2D eigenvalue weighted by Gasteiger charge is 2.20. The fourth-order valence-corrected chi connectivity index (χ4v) is 2.25. The van der Waals surface area contributed by atoms with Crippen molar-refractivity contribution in [1.82, 2.24) is 5.16 Å². The largest absolute Gasteiger partial charge is 0.391 e. The molecule has 0 radical (unpaired) electrons. The van der Waals surface area contributed by atoms with Crippen LogP contribution in [0.1, 0.15) is 11.1 Å². The molecule has 0 fully saturated rings. The highest BCUT2D eigenvalue weighted by atomic mass is 19.1. The number of halogens is 1. The summed E-state index contributed by atoms with van der Waals surface area (Å²) in [5.41, 5.74) is 3.08. The van der Waals surface area contributed by atoms with Crippen molar-refractivity contribution in [3.8, 4) is 22.6 Å². The molecule has 1 N–H and O–H groups in total. The molecule has 0 aliphatic carbocycles. The number of hydrogen-bond donors (Lipinski definition) is 1. The van der Waals surface area contributed by atoms with Crippen molar-refractivity contribution < 1.29 is 14.0 Å². The van der Waals surface area contributed by atoms with Crippen LogP contribution in [0.5, 0.6) is 0 Å². The SMILES string of the molecule is Cc1ccc(-c2onc(-c3ccccc3F)c2CO)cc1. The van der Waals surface area contributed by atoms with E-state index in [1.165, 1.54) is 6.07 Å². The molecule has 0 aliphatic heterocycles. The maximum Gasteiger partial charge on any atom is 0.173 e. The lowest BCUT2D eigenvalue weighted by Crippen LogP contribution is -1.91. The quantitative estimate of drug-likeness (QED) is 0.791. The molecule has 0 atom stereocenters. The van der Waals surface area contributed by atoms with Gasteiger partial charge in [-0.25, -0.2) is 4.39 Å². The number of aromatic nitrogens is 1. The summed E-state index contributed by atoms with van der Waals surface area (Å²) in [5.74, 6) is 0.0757.